The molecule has 0 saturated carbocycles. The van der Waals surface area contributed by atoms with Crippen molar-refractivity contribution in [1.29, 1.82) is 0 Å². The average molecular weight is 472 g/mol. The zero-order valence-electron chi connectivity index (χ0n) is 20.0. The number of ether oxygens (including phenoxy) is 2. The number of rotatable bonds is 6. The van der Waals surface area contributed by atoms with Gasteiger partial charge >= 0.3 is 12.5 Å². The minimum Gasteiger partial charge on any atom is -0.444 e. The molecule has 0 radical (unpaired) electrons. The number of nitrogens with one attached hydrogen (secondary N) is 1. The highest BCUT2D eigenvalue weighted by atomic mass is 19.4. The van der Waals surface area contributed by atoms with Gasteiger partial charge in [0.25, 0.3) is 0 Å². The van der Waals surface area contributed by atoms with E-state index in [1.807, 2.05) is 23.8 Å². The normalized spacial score (nSPS) is 15.0. The predicted molar refractivity (Wildman–Crippen MR) is 119 cm³/mol. The number of hydrogen-bond acceptors (Lipinski definition) is 7. The van der Waals surface area contributed by atoms with Crippen LogP contribution in [0.5, 0.6) is 0 Å². The van der Waals surface area contributed by atoms with Crippen LogP contribution >= 0.6 is 0 Å². The molecule has 0 aromatic carbocycles. The molecular weight excluding hydrogens is 439 g/mol. The maximum absolute atomic E-state index is 12.6. The zero-order valence-corrected chi connectivity index (χ0v) is 20.0. The molecule has 1 aliphatic heterocycles. The van der Waals surface area contributed by atoms with Crippen LogP contribution in [-0.4, -0.2) is 60.8 Å². The SMILES string of the molecule is CC#CCN(C)c1nc(CNC(=O)OC(C)(C)C)nc(N2CCC(OC(F)(F)F)CC2)c1C. The fraction of sp³-hybridized carbons (Fsp3) is 0.682. The Morgan fingerprint density at radius 2 is 1.88 bits per heavy atom. The molecule has 1 N–H and O–H groups in total. The van der Waals surface area contributed by atoms with Crippen LogP contribution in [0.2, 0.25) is 0 Å². The molecule has 2 heterocycles. The molecule has 2 rings (SSSR count). The Bertz CT molecular complexity index is 882. The van der Waals surface area contributed by atoms with E-state index >= 15 is 0 Å². The molecule has 0 bridgehead atoms. The van der Waals surface area contributed by atoms with Crippen LogP contribution in [-0.2, 0) is 16.0 Å². The zero-order chi connectivity index (χ0) is 24.8. The highest BCUT2D eigenvalue weighted by Crippen LogP contribution is 2.30. The Balaban J connectivity index is 2.24. The summed E-state index contributed by atoms with van der Waals surface area (Å²) in [5, 5.41) is 2.65. The molecule has 1 aromatic rings. The van der Waals surface area contributed by atoms with Crippen LogP contribution in [0.15, 0.2) is 0 Å². The van der Waals surface area contributed by atoms with E-state index < -0.39 is 24.2 Å². The van der Waals surface area contributed by atoms with E-state index in [0.29, 0.717) is 37.1 Å². The van der Waals surface area contributed by atoms with E-state index in [4.69, 9.17) is 4.74 Å². The van der Waals surface area contributed by atoms with Gasteiger partial charge in [0.1, 0.15) is 17.2 Å². The van der Waals surface area contributed by atoms with Gasteiger partial charge in [0, 0.05) is 25.7 Å². The average Bonchev–Trinajstić information content (AvgIpc) is 2.69. The summed E-state index contributed by atoms with van der Waals surface area (Å²) < 4.78 is 47.1. The minimum atomic E-state index is -4.64. The van der Waals surface area contributed by atoms with Crippen LogP contribution in [0.25, 0.3) is 0 Å². The van der Waals surface area contributed by atoms with Gasteiger partial charge in [-0.3, -0.25) is 4.74 Å². The minimum absolute atomic E-state index is 0.0378. The number of nitrogens with zero attached hydrogens (tertiary/aromatic N) is 4. The summed E-state index contributed by atoms with van der Waals surface area (Å²) in [6.07, 6.45) is -5.67. The summed E-state index contributed by atoms with van der Waals surface area (Å²) in [5.74, 6) is 7.44. The summed E-state index contributed by atoms with van der Waals surface area (Å²) in [6, 6.07) is 0. The van der Waals surface area contributed by atoms with Gasteiger partial charge in [0.2, 0.25) is 0 Å². The number of halogens is 3. The summed E-state index contributed by atoms with van der Waals surface area (Å²) in [5.41, 5.74) is 0.141. The molecule has 33 heavy (non-hydrogen) atoms. The lowest BCUT2D eigenvalue weighted by Crippen LogP contribution is -2.40. The van der Waals surface area contributed by atoms with Gasteiger partial charge < -0.3 is 19.9 Å². The predicted octanol–water partition coefficient (Wildman–Crippen LogP) is 3.77. The van der Waals surface area contributed by atoms with E-state index in [1.54, 1.807) is 27.7 Å². The Kier molecular flexibility index (Phi) is 8.77. The number of carbonyl (C=O) groups excluding carboxylic acids is 1. The Labute approximate surface area is 192 Å². The smallest absolute Gasteiger partial charge is 0.444 e. The summed E-state index contributed by atoms with van der Waals surface area (Å²) in [4.78, 5) is 25.0. The van der Waals surface area contributed by atoms with Gasteiger partial charge in [-0.05, 0) is 47.5 Å². The van der Waals surface area contributed by atoms with Gasteiger partial charge in [-0.2, -0.15) is 0 Å². The largest absolute Gasteiger partial charge is 0.522 e. The molecule has 1 aliphatic rings. The van der Waals surface area contributed by atoms with Crippen LogP contribution in [0.1, 0.15) is 51.9 Å². The summed E-state index contributed by atoms with van der Waals surface area (Å²) in [6.45, 7) is 10.1. The van der Waals surface area contributed by atoms with Crippen molar-refractivity contribution in [1.82, 2.24) is 15.3 Å². The van der Waals surface area contributed by atoms with Crippen molar-refractivity contribution < 1.29 is 27.4 Å². The van der Waals surface area contributed by atoms with Gasteiger partial charge in [0.05, 0.1) is 19.2 Å². The van der Waals surface area contributed by atoms with Crippen molar-refractivity contribution in [2.45, 2.75) is 72.1 Å². The second kappa shape index (κ2) is 10.9. The number of alkyl carbamates (subject to hydrolysis) is 1. The van der Waals surface area contributed by atoms with Crippen molar-refractivity contribution in [3.63, 3.8) is 0 Å². The Morgan fingerprint density at radius 3 is 2.42 bits per heavy atom. The molecule has 8 nitrogen and oxygen atoms in total. The van der Waals surface area contributed by atoms with Crippen LogP contribution in [0.3, 0.4) is 0 Å². The maximum atomic E-state index is 12.6. The number of amides is 1. The van der Waals surface area contributed by atoms with E-state index in [1.165, 1.54) is 0 Å². The van der Waals surface area contributed by atoms with Crippen molar-refractivity contribution in [3.05, 3.63) is 11.4 Å². The summed E-state index contributed by atoms with van der Waals surface area (Å²) in [7, 11) is 1.85. The van der Waals surface area contributed by atoms with Gasteiger partial charge in [0.15, 0.2) is 5.82 Å². The van der Waals surface area contributed by atoms with Crippen molar-refractivity contribution in [2.75, 3.05) is 36.5 Å². The monoisotopic (exact) mass is 471 g/mol. The first-order valence-electron chi connectivity index (χ1n) is 10.7. The fourth-order valence-electron chi connectivity index (χ4n) is 3.41. The fourth-order valence-corrected chi connectivity index (χ4v) is 3.41. The molecule has 1 fully saturated rings. The van der Waals surface area contributed by atoms with Crippen LogP contribution < -0.4 is 15.1 Å². The molecule has 0 aliphatic carbocycles. The third-order valence-corrected chi connectivity index (χ3v) is 4.83. The van der Waals surface area contributed by atoms with E-state index in [-0.39, 0.29) is 19.4 Å². The van der Waals surface area contributed by atoms with Crippen LogP contribution in [0.4, 0.5) is 29.6 Å². The van der Waals surface area contributed by atoms with Crippen molar-refractivity contribution in [3.8, 4) is 11.8 Å². The van der Waals surface area contributed by atoms with Crippen molar-refractivity contribution >= 4 is 17.7 Å². The number of alkyl halides is 3. The molecule has 1 amide bonds. The topological polar surface area (TPSA) is 79.8 Å². The molecule has 184 valence electrons. The lowest BCUT2D eigenvalue weighted by molar-refractivity contribution is -0.344. The van der Waals surface area contributed by atoms with Crippen LogP contribution in [0, 0.1) is 18.8 Å². The van der Waals surface area contributed by atoms with Gasteiger partial charge in [-0.15, -0.1) is 19.1 Å². The summed E-state index contributed by atoms with van der Waals surface area (Å²) >= 11 is 0. The van der Waals surface area contributed by atoms with E-state index in [2.05, 4.69) is 31.9 Å². The Hall–Kier alpha value is -2.74. The number of piperidine rings is 1. The highest BCUT2D eigenvalue weighted by molar-refractivity contribution is 5.67. The van der Waals surface area contributed by atoms with Crippen molar-refractivity contribution in [2.24, 2.45) is 0 Å². The molecule has 0 atom stereocenters. The number of anilines is 2. The molecule has 1 saturated heterocycles. The van der Waals surface area contributed by atoms with E-state index in [9.17, 15) is 18.0 Å². The Morgan fingerprint density at radius 1 is 1.24 bits per heavy atom. The lowest BCUT2D eigenvalue weighted by Gasteiger charge is -2.34. The lowest BCUT2D eigenvalue weighted by atomic mass is 10.1. The quantitative estimate of drug-likeness (QED) is 0.633. The number of carbonyl (C=O) groups is 1. The highest BCUT2D eigenvalue weighted by Gasteiger charge is 2.35. The van der Waals surface area contributed by atoms with Gasteiger partial charge in [-0.1, -0.05) is 5.92 Å². The molecule has 0 spiro atoms. The standard InChI is InChI=1S/C22H32F3N5O3/c1-7-8-11-29(6)18-15(2)19(30-12-9-16(10-13-30)32-22(23,24)25)28-17(27-18)14-26-20(31)33-21(3,4)5/h16H,9-14H2,1-6H3,(H,26,31). The maximum Gasteiger partial charge on any atom is 0.522 e. The molecule has 0 unspecified atom stereocenters. The second-order valence-corrected chi connectivity index (χ2v) is 8.80. The second-order valence-electron chi connectivity index (χ2n) is 8.80. The first-order chi connectivity index (χ1) is 15.3. The first-order valence-corrected chi connectivity index (χ1v) is 10.7. The number of hydrogen-bond donors (Lipinski definition) is 1. The van der Waals surface area contributed by atoms with Gasteiger partial charge in [-0.25, -0.2) is 14.8 Å². The molecule has 1 aromatic heterocycles. The molecular formula is C22H32F3N5O3. The number of aromatic nitrogens is 2. The third-order valence-electron chi connectivity index (χ3n) is 4.83. The van der Waals surface area contributed by atoms with E-state index in [0.717, 1.165) is 5.56 Å². The third kappa shape index (κ3) is 8.61. The molecule has 11 heteroatoms. The first kappa shape index (κ1) is 26.5.